The number of hydrogen-bond donors (Lipinski definition) is 2. The molecule has 0 amide bonds. The summed E-state index contributed by atoms with van der Waals surface area (Å²) in [7, 11) is 0. The lowest BCUT2D eigenvalue weighted by Gasteiger charge is -2.52. The second-order valence-corrected chi connectivity index (χ2v) is 5.57. The molecule has 0 aromatic carbocycles. The summed E-state index contributed by atoms with van der Waals surface area (Å²) in [6.45, 7) is 4.65. The van der Waals surface area contributed by atoms with Crippen molar-refractivity contribution in [3.05, 3.63) is 0 Å². The molecule has 17 heavy (non-hydrogen) atoms. The summed E-state index contributed by atoms with van der Waals surface area (Å²) in [6.07, 6.45) is 4.37. The summed E-state index contributed by atoms with van der Waals surface area (Å²) in [5, 5.41) is 20.2. The first-order valence-corrected chi connectivity index (χ1v) is 6.75. The van der Waals surface area contributed by atoms with Gasteiger partial charge in [-0.1, -0.05) is 19.8 Å². The van der Waals surface area contributed by atoms with Crippen LogP contribution in [0.15, 0.2) is 0 Å². The Kier molecular flexibility index (Phi) is 3.73. The molecule has 3 aliphatic rings. The minimum Gasteiger partial charge on any atom is -0.481 e. The van der Waals surface area contributed by atoms with Crippen LogP contribution in [-0.4, -0.2) is 46.3 Å². The van der Waals surface area contributed by atoms with Crippen molar-refractivity contribution in [1.29, 1.82) is 0 Å². The number of carboxylic acids is 1. The van der Waals surface area contributed by atoms with Crippen LogP contribution in [0.1, 0.15) is 39.0 Å². The molecule has 98 valence electrons. The van der Waals surface area contributed by atoms with Crippen LogP contribution >= 0.6 is 0 Å². The first kappa shape index (κ1) is 12.8. The summed E-state index contributed by atoms with van der Waals surface area (Å²) in [6, 6.07) is 0. The van der Waals surface area contributed by atoms with E-state index in [9.17, 15) is 15.0 Å². The van der Waals surface area contributed by atoms with Gasteiger partial charge in [0.25, 0.3) is 0 Å². The first-order valence-electron chi connectivity index (χ1n) is 6.75. The van der Waals surface area contributed by atoms with Gasteiger partial charge < -0.3 is 15.1 Å². The van der Waals surface area contributed by atoms with Crippen molar-refractivity contribution in [1.82, 2.24) is 4.90 Å². The van der Waals surface area contributed by atoms with Crippen molar-refractivity contribution in [2.75, 3.05) is 19.6 Å². The molecule has 2 bridgehead atoms. The highest BCUT2D eigenvalue weighted by Gasteiger charge is 2.52. The maximum atomic E-state index is 11.4. The minimum atomic E-state index is -0.989. The molecule has 3 heterocycles. The van der Waals surface area contributed by atoms with Crippen LogP contribution < -0.4 is 0 Å². The topological polar surface area (TPSA) is 60.8 Å². The highest BCUT2D eigenvalue weighted by molar-refractivity contribution is 5.71. The monoisotopic (exact) mass is 241 g/mol. The quantitative estimate of drug-likeness (QED) is 0.762. The van der Waals surface area contributed by atoms with E-state index in [1.54, 1.807) is 0 Å². The number of piperidine rings is 3. The fraction of sp³-hybridized carbons (Fsp3) is 0.923. The zero-order valence-corrected chi connectivity index (χ0v) is 10.6. The Morgan fingerprint density at radius 2 is 2.12 bits per heavy atom. The van der Waals surface area contributed by atoms with E-state index in [4.69, 9.17) is 0 Å². The van der Waals surface area contributed by atoms with Crippen molar-refractivity contribution in [2.45, 2.75) is 44.6 Å². The van der Waals surface area contributed by atoms with E-state index in [2.05, 4.69) is 11.8 Å². The summed E-state index contributed by atoms with van der Waals surface area (Å²) in [5.74, 6) is -1.23. The predicted octanol–water partition coefficient (Wildman–Crippen LogP) is 1.33. The Balaban J connectivity index is 2.13. The van der Waals surface area contributed by atoms with Gasteiger partial charge in [-0.2, -0.15) is 0 Å². The number of hydrogen-bond acceptors (Lipinski definition) is 3. The van der Waals surface area contributed by atoms with Gasteiger partial charge in [0, 0.05) is 6.54 Å². The van der Waals surface area contributed by atoms with Crippen molar-refractivity contribution < 1.29 is 15.0 Å². The zero-order valence-electron chi connectivity index (χ0n) is 10.6. The van der Waals surface area contributed by atoms with Gasteiger partial charge in [0.15, 0.2) is 0 Å². The van der Waals surface area contributed by atoms with E-state index in [1.165, 1.54) is 0 Å². The minimum absolute atomic E-state index is 0.186. The van der Waals surface area contributed by atoms with Crippen LogP contribution in [0.25, 0.3) is 0 Å². The smallest absolute Gasteiger partial charge is 0.309 e. The van der Waals surface area contributed by atoms with Gasteiger partial charge in [0.05, 0.1) is 11.5 Å². The third-order valence-corrected chi connectivity index (χ3v) is 4.52. The number of rotatable bonds is 5. The fourth-order valence-electron chi connectivity index (χ4n) is 3.47. The standard InChI is InChI=1S/C13H23NO3/c1-2-3-4-11(12(15)16)13(17)9-14-7-5-10(13)6-8-14/h10-11,17H,2-9H2,1H3,(H,15,16). The molecule has 3 aliphatic heterocycles. The number of nitrogens with zero attached hydrogens (tertiary/aromatic N) is 1. The van der Waals surface area contributed by atoms with Crippen LogP contribution in [0.5, 0.6) is 0 Å². The Hall–Kier alpha value is -0.610. The number of fused-ring (bicyclic) bond motifs is 3. The van der Waals surface area contributed by atoms with Crippen molar-refractivity contribution in [2.24, 2.45) is 11.8 Å². The summed E-state index contributed by atoms with van der Waals surface area (Å²) in [5.41, 5.74) is -0.989. The van der Waals surface area contributed by atoms with Crippen LogP contribution in [-0.2, 0) is 4.79 Å². The second kappa shape index (κ2) is 4.94. The molecule has 4 nitrogen and oxygen atoms in total. The fourth-order valence-corrected chi connectivity index (χ4v) is 3.47. The molecule has 3 fully saturated rings. The van der Waals surface area contributed by atoms with Crippen LogP contribution in [0.3, 0.4) is 0 Å². The third-order valence-electron chi connectivity index (χ3n) is 4.52. The van der Waals surface area contributed by atoms with E-state index in [1.807, 2.05) is 0 Å². The van der Waals surface area contributed by atoms with E-state index in [0.29, 0.717) is 13.0 Å². The number of unbranched alkanes of at least 4 members (excludes halogenated alkanes) is 1. The average Bonchev–Trinajstić information content (AvgIpc) is 2.30. The molecular weight excluding hydrogens is 218 g/mol. The second-order valence-electron chi connectivity index (χ2n) is 5.57. The molecule has 0 aliphatic carbocycles. The zero-order chi connectivity index (χ0) is 12.5. The number of carbonyl (C=O) groups is 1. The van der Waals surface area contributed by atoms with E-state index < -0.39 is 17.5 Å². The normalized spacial score (nSPS) is 38.0. The van der Waals surface area contributed by atoms with Gasteiger partial charge in [-0.15, -0.1) is 0 Å². The molecule has 0 saturated carbocycles. The first-order chi connectivity index (χ1) is 8.08. The van der Waals surface area contributed by atoms with Crippen molar-refractivity contribution in [3.63, 3.8) is 0 Å². The highest BCUT2D eigenvalue weighted by Crippen LogP contribution is 2.42. The Labute approximate surface area is 103 Å². The van der Waals surface area contributed by atoms with E-state index in [-0.39, 0.29) is 5.92 Å². The maximum Gasteiger partial charge on any atom is 0.309 e. The Morgan fingerprint density at radius 3 is 2.53 bits per heavy atom. The van der Waals surface area contributed by atoms with Gasteiger partial charge in [0.2, 0.25) is 0 Å². The molecule has 0 spiro atoms. The largest absolute Gasteiger partial charge is 0.481 e. The molecule has 0 radical (unpaired) electrons. The molecule has 3 rings (SSSR count). The van der Waals surface area contributed by atoms with Crippen molar-refractivity contribution in [3.8, 4) is 0 Å². The van der Waals surface area contributed by atoms with Gasteiger partial charge >= 0.3 is 5.97 Å². The summed E-state index contributed by atoms with van der Waals surface area (Å²) >= 11 is 0. The van der Waals surface area contributed by atoms with E-state index >= 15 is 0 Å². The predicted molar refractivity (Wildman–Crippen MR) is 64.8 cm³/mol. The SMILES string of the molecule is CCCCC(C(=O)O)C1(O)CN2CCC1CC2. The molecule has 0 aromatic rings. The lowest BCUT2D eigenvalue weighted by Crippen LogP contribution is -2.63. The molecule has 0 aromatic heterocycles. The maximum absolute atomic E-state index is 11.4. The number of aliphatic hydroxyl groups is 1. The lowest BCUT2D eigenvalue weighted by atomic mass is 9.67. The Bertz CT molecular complexity index is 286. The highest BCUT2D eigenvalue weighted by atomic mass is 16.4. The molecule has 2 atom stereocenters. The molecule has 2 N–H and O–H groups in total. The molecule has 2 unspecified atom stereocenters. The molecular formula is C13H23NO3. The average molecular weight is 241 g/mol. The molecule has 3 saturated heterocycles. The lowest BCUT2D eigenvalue weighted by molar-refractivity contribution is -0.176. The van der Waals surface area contributed by atoms with Gasteiger partial charge in [0.1, 0.15) is 0 Å². The molecule has 4 heteroatoms. The third kappa shape index (κ3) is 2.33. The van der Waals surface area contributed by atoms with Crippen molar-refractivity contribution >= 4 is 5.97 Å². The van der Waals surface area contributed by atoms with Crippen LogP contribution in [0, 0.1) is 11.8 Å². The van der Waals surface area contributed by atoms with Crippen LogP contribution in [0.4, 0.5) is 0 Å². The van der Waals surface area contributed by atoms with Gasteiger partial charge in [-0.3, -0.25) is 4.79 Å². The van der Waals surface area contributed by atoms with E-state index in [0.717, 1.165) is 38.8 Å². The van der Waals surface area contributed by atoms with Crippen LogP contribution in [0.2, 0.25) is 0 Å². The summed E-state index contributed by atoms with van der Waals surface area (Å²) < 4.78 is 0. The van der Waals surface area contributed by atoms with Gasteiger partial charge in [-0.05, 0) is 38.3 Å². The van der Waals surface area contributed by atoms with Gasteiger partial charge in [-0.25, -0.2) is 0 Å². The number of carboxylic acid groups (broad SMARTS) is 1. The Morgan fingerprint density at radius 1 is 1.47 bits per heavy atom. The summed E-state index contributed by atoms with van der Waals surface area (Å²) in [4.78, 5) is 13.6. The number of aliphatic carboxylic acids is 1.